The summed E-state index contributed by atoms with van der Waals surface area (Å²) in [5.74, 6) is -0.775. The first kappa shape index (κ1) is 18.5. The first-order chi connectivity index (χ1) is 12.8. The van der Waals surface area contributed by atoms with Crippen molar-refractivity contribution in [3.63, 3.8) is 0 Å². The van der Waals surface area contributed by atoms with Gasteiger partial charge in [0.25, 0.3) is 0 Å². The van der Waals surface area contributed by atoms with Crippen molar-refractivity contribution in [1.29, 1.82) is 0 Å². The monoisotopic (exact) mass is 389 g/mol. The maximum atomic E-state index is 12.7. The molecule has 0 spiro atoms. The van der Waals surface area contributed by atoms with Gasteiger partial charge in [0.15, 0.2) is 0 Å². The number of hydrogen-bond donors (Lipinski definition) is 3. The van der Waals surface area contributed by atoms with Gasteiger partial charge in [-0.15, -0.1) is 0 Å². The molecular weight excluding hydrogens is 374 g/mol. The highest BCUT2D eigenvalue weighted by atomic mass is 32.2. The fraction of sp³-hybridized carbons (Fsp3) is 0.118. The molecule has 2 aromatic carbocycles. The van der Waals surface area contributed by atoms with Gasteiger partial charge in [-0.1, -0.05) is 30.3 Å². The Labute approximate surface area is 153 Å². The summed E-state index contributed by atoms with van der Waals surface area (Å²) in [6.07, 6.45) is 0. The number of esters is 1. The Morgan fingerprint density at radius 1 is 1.00 bits per heavy atom. The minimum Gasteiger partial charge on any atom is -0.468 e. The van der Waals surface area contributed by atoms with Crippen LogP contribution < -0.4 is 15.8 Å². The van der Waals surface area contributed by atoms with Crippen molar-refractivity contribution in [2.45, 2.75) is 10.9 Å². The number of methoxy groups -OCH3 is 1. The largest absolute Gasteiger partial charge is 0.468 e. The fourth-order valence-electron chi connectivity index (χ4n) is 2.50. The maximum Gasteiger partial charge on any atom is 0.328 e. The maximum absolute atomic E-state index is 12.7. The average molecular weight is 389 g/mol. The zero-order valence-corrected chi connectivity index (χ0v) is 14.9. The summed E-state index contributed by atoms with van der Waals surface area (Å²) < 4.78 is 32.5. The van der Waals surface area contributed by atoms with E-state index in [9.17, 15) is 22.8 Å². The number of benzene rings is 2. The summed E-state index contributed by atoms with van der Waals surface area (Å²) in [5, 5.41) is 0. The molecule has 0 amide bonds. The first-order valence-electron chi connectivity index (χ1n) is 7.73. The summed E-state index contributed by atoms with van der Waals surface area (Å²) in [4.78, 5) is 39.3. The van der Waals surface area contributed by atoms with Gasteiger partial charge in [0, 0.05) is 0 Å². The van der Waals surface area contributed by atoms with Crippen LogP contribution in [0.4, 0.5) is 0 Å². The number of carbonyl (C=O) groups excluding carboxylic acids is 1. The first-order valence-corrected chi connectivity index (χ1v) is 9.21. The number of carbonyl (C=O) groups is 1. The molecule has 0 fully saturated rings. The molecular formula is C17H15N3O6S. The summed E-state index contributed by atoms with van der Waals surface area (Å²) >= 11 is 0. The van der Waals surface area contributed by atoms with Crippen LogP contribution >= 0.6 is 0 Å². The van der Waals surface area contributed by atoms with Crippen LogP contribution in [0.1, 0.15) is 11.6 Å². The highest BCUT2D eigenvalue weighted by molar-refractivity contribution is 7.89. The molecule has 140 valence electrons. The molecule has 0 aliphatic heterocycles. The lowest BCUT2D eigenvalue weighted by molar-refractivity contribution is -0.142. The van der Waals surface area contributed by atoms with Gasteiger partial charge >= 0.3 is 17.1 Å². The molecule has 0 saturated carbocycles. The number of H-pyrrole nitrogens is 2. The number of sulfonamides is 1. The summed E-state index contributed by atoms with van der Waals surface area (Å²) in [6.45, 7) is 0. The molecule has 0 aliphatic rings. The molecule has 3 aromatic rings. The summed E-state index contributed by atoms with van der Waals surface area (Å²) in [6, 6.07) is 10.8. The molecule has 9 nitrogen and oxygen atoms in total. The number of nitrogens with one attached hydrogen (secondary N) is 3. The van der Waals surface area contributed by atoms with E-state index >= 15 is 0 Å². The zero-order chi connectivity index (χ0) is 19.6. The van der Waals surface area contributed by atoms with E-state index in [-0.39, 0.29) is 15.9 Å². The van der Waals surface area contributed by atoms with E-state index < -0.39 is 33.2 Å². The molecule has 0 bridgehead atoms. The molecule has 1 unspecified atom stereocenters. The molecule has 3 N–H and O–H groups in total. The van der Waals surface area contributed by atoms with Crippen molar-refractivity contribution in [2.75, 3.05) is 7.11 Å². The number of aromatic nitrogens is 2. The van der Waals surface area contributed by atoms with Gasteiger partial charge in [-0.2, -0.15) is 4.72 Å². The SMILES string of the molecule is COC(=O)C(NS(=O)(=O)c1ccc2[nH]c(=O)c(=O)[nH]c2c1)c1ccccc1. The molecule has 1 aromatic heterocycles. The van der Waals surface area contributed by atoms with E-state index in [0.29, 0.717) is 5.56 Å². The van der Waals surface area contributed by atoms with Crippen LogP contribution in [0, 0.1) is 0 Å². The topological polar surface area (TPSA) is 138 Å². The second-order valence-corrected chi connectivity index (χ2v) is 7.32. The molecule has 27 heavy (non-hydrogen) atoms. The lowest BCUT2D eigenvalue weighted by atomic mass is 10.1. The van der Waals surface area contributed by atoms with E-state index in [0.717, 1.165) is 7.11 Å². The van der Waals surface area contributed by atoms with Crippen LogP contribution in [0.2, 0.25) is 0 Å². The minimum atomic E-state index is -4.14. The van der Waals surface area contributed by atoms with E-state index in [4.69, 9.17) is 4.74 Å². The highest BCUT2D eigenvalue weighted by Crippen LogP contribution is 2.20. The summed E-state index contributed by atoms with van der Waals surface area (Å²) in [5.41, 5.74) is -0.929. The number of aromatic amines is 2. The number of fused-ring (bicyclic) bond motifs is 1. The van der Waals surface area contributed by atoms with Crippen molar-refractivity contribution in [3.05, 3.63) is 74.8 Å². The Bertz CT molecular complexity index is 1210. The van der Waals surface area contributed by atoms with Crippen LogP contribution in [0.15, 0.2) is 63.0 Å². The summed E-state index contributed by atoms with van der Waals surface area (Å²) in [7, 11) is -2.99. The number of hydrogen-bond acceptors (Lipinski definition) is 6. The van der Waals surface area contributed by atoms with E-state index in [1.54, 1.807) is 30.3 Å². The van der Waals surface area contributed by atoms with Crippen molar-refractivity contribution in [1.82, 2.24) is 14.7 Å². The normalized spacial score (nSPS) is 12.6. The molecule has 0 radical (unpaired) electrons. The Morgan fingerprint density at radius 2 is 1.63 bits per heavy atom. The van der Waals surface area contributed by atoms with Crippen molar-refractivity contribution in [2.24, 2.45) is 0 Å². The lowest BCUT2D eigenvalue weighted by Crippen LogP contribution is -2.34. The average Bonchev–Trinajstić information content (AvgIpc) is 2.66. The van der Waals surface area contributed by atoms with E-state index in [1.807, 2.05) is 0 Å². The third kappa shape index (κ3) is 3.81. The van der Waals surface area contributed by atoms with Crippen LogP contribution in [-0.2, 0) is 19.6 Å². The standard InChI is InChI=1S/C17H15N3O6S/c1-26-17(23)14(10-5-3-2-4-6-10)20-27(24,25)11-7-8-12-13(9-11)19-16(22)15(21)18-12/h2-9,14,20H,1H3,(H,18,21)(H,19,22). The molecule has 10 heteroatoms. The fourth-order valence-corrected chi connectivity index (χ4v) is 3.70. The third-order valence-corrected chi connectivity index (χ3v) is 5.27. The Hall–Kier alpha value is -3.24. The Morgan fingerprint density at radius 3 is 2.26 bits per heavy atom. The molecule has 1 atom stereocenters. The highest BCUT2D eigenvalue weighted by Gasteiger charge is 2.28. The van der Waals surface area contributed by atoms with Crippen molar-refractivity contribution >= 4 is 27.0 Å². The number of ether oxygens (including phenoxy) is 1. The van der Waals surface area contributed by atoms with Crippen LogP contribution in [-0.4, -0.2) is 31.5 Å². The molecule has 3 rings (SSSR count). The molecule has 0 saturated heterocycles. The van der Waals surface area contributed by atoms with Gasteiger partial charge in [-0.25, -0.2) is 13.2 Å². The molecule has 1 heterocycles. The minimum absolute atomic E-state index is 0.136. The Balaban J connectivity index is 2.03. The number of rotatable bonds is 5. The van der Waals surface area contributed by atoms with E-state index in [2.05, 4.69) is 14.7 Å². The van der Waals surface area contributed by atoms with E-state index in [1.165, 1.54) is 18.2 Å². The molecule has 0 aliphatic carbocycles. The predicted molar refractivity (Wildman–Crippen MR) is 96.7 cm³/mol. The smallest absolute Gasteiger partial charge is 0.328 e. The predicted octanol–water partition coefficient (Wildman–Crippen LogP) is 0.409. The third-order valence-electron chi connectivity index (χ3n) is 3.85. The Kier molecular flexibility index (Phi) is 4.93. The van der Waals surface area contributed by atoms with Gasteiger partial charge in [0.05, 0.1) is 23.0 Å². The van der Waals surface area contributed by atoms with Gasteiger partial charge in [0.2, 0.25) is 10.0 Å². The van der Waals surface area contributed by atoms with Gasteiger partial charge in [-0.05, 0) is 23.8 Å². The zero-order valence-electron chi connectivity index (χ0n) is 14.1. The second-order valence-electron chi connectivity index (χ2n) is 5.60. The van der Waals surface area contributed by atoms with Gasteiger partial charge in [0.1, 0.15) is 6.04 Å². The van der Waals surface area contributed by atoms with Crippen molar-refractivity contribution < 1.29 is 17.9 Å². The van der Waals surface area contributed by atoms with Crippen LogP contribution in [0.5, 0.6) is 0 Å². The lowest BCUT2D eigenvalue weighted by Gasteiger charge is -2.17. The van der Waals surface area contributed by atoms with Crippen LogP contribution in [0.3, 0.4) is 0 Å². The van der Waals surface area contributed by atoms with Crippen LogP contribution in [0.25, 0.3) is 11.0 Å². The second kappa shape index (κ2) is 7.17. The van der Waals surface area contributed by atoms with Gasteiger partial charge < -0.3 is 14.7 Å². The van der Waals surface area contributed by atoms with Gasteiger partial charge in [-0.3, -0.25) is 9.59 Å². The van der Waals surface area contributed by atoms with Crippen molar-refractivity contribution in [3.8, 4) is 0 Å². The quantitative estimate of drug-likeness (QED) is 0.427.